The largest absolute Gasteiger partial charge is 0.411 e. The van der Waals surface area contributed by atoms with Crippen molar-refractivity contribution >= 4 is 6.21 Å². The van der Waals surface area contributed by atoms with E-state index in [0.717, 1.165) is 38.5 Å². The van der Waals surface area contributed by atoms with Crippen molar-refractivity contribution in [1.82, 2.24) is 0 Å². The number of oxime groups is 1. The van der Waals surface area contributed by atoms with Crippen LogP contribution in [0, 0.1) is 27.9 Å². The van der Waals surface area contributed by atoms with Gasteiger partial charge in [-0.3, -0.25) is 10.1 Å². The second-order valence-corrected chi connectivity index (χ2v) is 4.97. The molecule has 0 bridgehead atoms. The molecule has 90 valence electrons. The maximum absolute atomic E-state index is 11.0. The average molecular weight is 226 g/mol. The first kappa shape index (κ1) is 11.4. The Hall–Kier alpha value is -1.13. The molecule has 1 N–H and O–H groups in total. The monoisotopic (exact) mass is 226 g/mol. The van der Waals surface area contributed by atoms with E-state index in [1.54, 1.807) is 6.21 Å². The van der Waals surface area contributed by atoms with E-state index in [-0.39, 0.29) is 22.8 Å². The summed E-state index contributed by atoms with van der Waals surface area (Å²) in [6.07, 6.45) is 7.27. The maximum Gasteiger partial charge on any atom is 0.216 e. The van der Waals surface area contributed by atoms with E-state index >= 15 is 0 Å². The Morgan fingerprint density at radius 1 is 1.19 bits per heavy atom. The van der Waals surface area contributed by atoms with Gasteiger partial charge in [0.05, 0.1) is 0 Å². The lowest BCUT2D eigenvalue weighted by atomic mass is 9.64. The fourth-order valence-corrected chi connectivity index (χ4v) is 3.55. The van der Waals surface area contributed by atoms with Crippen LogP contribution in [0.25, 0.3) is 0 Å². The third kappa shape index (κ3) is 2.03. The molecule has 16 heavy (non-hydrogen) atoms. The Bertz CT molecular complexity index is 293. The summed E-state index contributed by atoms with van der Waals surface area (Å²) in [6.45, 7) is 0. The van der Waals surface area contributed by atoms with E-state index in [1.807, 2.05) is 0 Å². The minimum absolute atomic E-state index is 0.102. The highest BCUT2D eigenvalue weighted by Crippen LogP contribution is 2.44. The fraction of sp³-hybridized carbons (Fsp3) is 0.909. The zero-order chi connectivity index (χ0) is 11.5. The Labute approximate surface area is 94.7 Å². The molecule has 0 radical (unpaired) electrons. The van der Waals surface area contributed by atoms with E-state index in [0.29, 0.717) is 5.92 Å². The molecular weight excluding hydrogens is 208 g/mol. The Kier molecular flexibility index (Phi) is 3.41. The first-order valence-electron chi connectivity index (χ1n) is 6.05. The standard InChI is InChI=1S/C11H18N2O3/c14-12-7-8-3-1-5-10-9(8)4-2-6-11(10)13(15)16/h7-11,14H,1-6H2. The van der Waals surface area contributed by atoms with Crippen LogP contribution >= 0.6 is 0 Å². The van der Waals surface area contributed by atoms with Crippen LogP contribution in [0.4, 0.5) is 0 Å². The van der Waals surface area contributed by atoms with Gasteiger partial charge in [0.25, 0.3) is 0 Å². The van der Waals surface area contributed by atoms with E-state index in [4.69, 9.17) is 5.21 Å². The molecule has 2 fully saturated rings. The van der Waals surface area contributed by atoms with Crippen molar-refractivity contribution in [2.45, 2.75) is 44.6 Å². The van der Waals surface area contributed by atoms with Crippen molar-refractivity contribution in [1.29, 1.82) is 0 Å². The lowest BCUT2D eigenvalue weighted by molar-refractivity contribution is -0.539. The molecule has 4 atom stereocenters. The normalized spacial score (nSPS) is 39.5. The molecule has 0 aliphatic heterocycles. The molecule has 2 aliphatic carbocycles. The molecule has 5 heteroatoms. The molecule has 0 amide bonds. The zero-order valence-corrected chi connectivity index (χ0v) is 9.29. The molecule has 5 nitrogen and oxygen atoms in total. The second-order valence-electron chi connectivity index (χ2n) is 4.97. The van der Waals surface area contributed by atoms with Crippen molar-refractivity contribution in [2.75, 3.05) is 0 Å². The number of nitro groups is 1. The Morgan fingerprint density at radius 2 is 1.88 bits per heavy atom. The molecule has 2 saturated carbocycles. The summed E-state index contributed by atoms with van der Waals surface area (Å²) in [7, 11) is 0. The van der Waals surface area contributed by atoms with E-state index < -0.39 is 0 Å². The van der Waals surface area contributed by atoms with Gasteiger partial charge >= 0.3 is 0 Å². The van der Waals surface area contributed by atoms with Crippen LogP contribution in [-0.2, 0) is 0 Å². The molecule has 4 unspecified atom stereocenters. The summed E-state index contributed by atoms with van der Waals surface area (Å²) < 4.78 is 0. The van der Waals surface area contributed by atoms with Crippen molar-refractivity contribution in [3.63, 3.8) is 0 Å². The molecule has 2 aliphatic rings. The quantitative estimate of drug-likeness (QED) is 0.340. The fourth-order valence-electron chi connectivity index (χ4n) is 3.55. The zero-order valence-electron chi connectivity index (χ0n) is 9.29. The Balaban J connectivity index is 2.13. The molecule has 0 heterocycles. The lowest BCUT2D eigenvalue weighted by Gasteiger charge is -2.40. The number of fused-ring (bicyclic) bond motifs is 1. The van der Waals surface area contributed by atoms with Crippen molar-refractivity contribution in [2.24, 2.45) is 22.9 Å². The second kappa shape index (κ2) is 4.80. The van der Waals surface area contributed by atoms with E-state index in [2.05, 4.69) is 5.16 Å². The summed E-state index contributed by atoms with van der Waals surface area (Å²) in [5.41, 5.74) is 0. The van der Waals surface area contributed by atoms with Crippen molar-refractivity contribution < 1.29 is 10.1 Å². The molecule has 0 aromatic heterocycles. The van der Waals surface area contributed by atoms with Crippen LogP contribution in [0.15, 0.2) is 5.16 Å². The molecule has 2 rings (SSSR count). The van der Waals surface area contributed by atoms with Gasteiger partial charge in [0.2, 0.25) is 6.04 Å². The first-order valence-corrected chi connectivity index (χ1v) is 6.05. The van der Waals surface area contributed by atoms with Crippen LogP contribution in [0.1, 0.15) is 38.5 Å². The van der Waals surface area contributed by atoms with Crippen LogP contribution in [-0.4, -0.2) is 22.4 Å². The highest BCUT2D eigenvalue weighted by molar-refractivity contribution is 5.60. The van der Waals surface area contributed by atoms with Gasteiger partial charge in [-0.15, -0.1) is 5.16 Å². The summed E-state index contributed by atoms with van der Waals surface area (Å²) in [5.74, 6) is 0.792. The predicted molar refractivity (Wildman–Crippen MR) is 59.2 cm³/mol. The summed E-state index contributed by atoms with van der Waals surface area (Å²) in [4.78, 5) is 10.9. The van der Waals surface area contributed by atoms with E-state index in [1.165, 1.54) is 0 Å². The summed E-state index contributed by atoms with van der Waals surface area (Å²) >= 11 is 0. The summed E-state index contributed by atoms with van der Waals surface area (Å²) in [6, 6.07) is -0.367. The average Bonchev–Trinajstić information content (AvgIpc) is 2.29. The van der Waals surface area contributed by atoms with Crippen LogP contribution < -0.4 is 0 Å². The lowest BCUT2D eigenvalue weighted by Crippen LogP contribution is -2.43. The predicted octanol–water partition coefficient (Wildman–Crippen LogP) is 2.31. The molecule has 0 saturated heterocycles. The van der Waals surface area contributed by atoms with Gasteiger partial charge in [-0.1, -0.05) is 6.42 Å². The van der Waals surface area contributed by atoms with E-state index in [9.17, 15) is 10.1 Å². The number of hydrogen-bond donors (Lipinski definition) is 1. The van der Waals surface area contributed by atoms with Gasteiger partial charge in [-0.2, -0.15) is 0 Å². The van der Waals surface area contributed by atoms with Crippen LogP contribution in [0.3, 0.4) is 0 Å². The van der Waals surface area contributed by atoms with Gasteiger partial charge in [0.15, 0.2) is 0 Å². The van der Waals surface area contributed by atoms with Crippen molar-refractivity contribution in [3.8, 4) is 0 Å². The highest BCUT2D eigenvalue weighted by Gasteiger charge is 2.44. The third-order valence-electron chi connectivity index (χ3n) is 4.24. The molecule has 0 aromatic rings. The van der Waals surface area contributed by atoms with Gasteiger partial charge < -0.3 is 5.21 Å². The third-order valence-corrected chi connectivity index (χ3v) is 4.24. The van der Waals surface area contributed by atoms with Gasteiger partial charge in [0.1, 0.15) is 0 Å². The molecule has 0 spiro atoms. The van der Waals surface area contributed by atoms with Gasteiger partial charge in [-0.05, 0) is 31.6 Å². The van der Waals surface area contributed by atoms with Crippen molar-refractivity contribution in [3.05, 3.63) is 10.1 Å². The van der Waals surface area contributed by atoms with Gasteiger partial charge in [-0.25, -0.2) is 0 Å². The summed E-state index contributed by atoms with van der Waals surface area (Å²) in [5, 5.41) is 22.7. The van der Waals surface area contributed by atoms with Crippen LogP contribution in [0.2, 0.25) is 0 Å². The minimum Gasteiger partial charge on any atom is -0.411 e. The van der Waals surface area contributed by atoms with Crippen LogP contribution in [0.5, 0.6) is 0 Å². The highest BCUT2D eigenvalue weighted by atomic mass is 16.6. The smallest absolute Gasteiger partial charge is 0.216 e. The number of rotatable bonds is 2. The number of nitrogens with zero attached hydrogens (tertiary/aromatic N) is 2. The maximum atomic E-state index is 11.0. The molecule has 0 aromatic carbocycles. The molecular formula is C11H18N2O3. The first-order chi connectivity index (χ1) is 7.74. The number of hydrogen-bond acceptors (Lipinski definition) is 4. The topological polar surface area (TPSA) is 75.7 Å². The Morgan fingerprint density at radius 3 is 2.56 bits per heavy atom. The SMILES string of the molecule is O=[N+]([O-])C1CCCC2C(C=NO)CCCC21. The minimum atomic E-state index is -0.367. The van der Waals surface area contributed by atoms with Gasteiger partial charge in [0, 0.05) is 29.4 Å².